The monoisotopic (exact) mass is 505 g/mol. The maximum atomic E-state index is 13.6. The van der Waals surface area contributed by atoms with Crippen LogP contribution in [0.4, 0.5) is 8.78 Å². The normalized spacial score (nSPS) is 19.9. The number of piperidine rings is 1. The van der Waals surface area contributed by atoms with E-state index in [9.17, 15) is 8.78 Å². The summed E-state index contributed by atoms with van der Waals surface area (Å²) in [6.07, 6.45) is 6.70. The summed E-state index contributed by atoms with van der Waals surface area (Å²) in [5.74, 6) is 0.0615. The molecule has 0 spiro atoms. The molecule has 28 heavy (non-hydrogen) atoms. The number of likely N-dealkylation sites (tertiary alicyclic amines) is 1. The zero-order valence-corrected chi connectivity index (χ0v) is 18.3. The summed E-state index contributed by atoms with van der Waals surface area (Å²) < 4.78 is 34.0. The molecule has 0 bridgehead atoms. The molecule has 2 aromatic rings. The number of hydrogen-bond donors (Lipinski definition) is 1. The van der Waals surface area contributed by atoms with Crippen molar-refractivity contribution in [3.63, 3.8) is 0 Å². The lowest BCUT2D eigenvalue weighted by atomic mass is 9.93. The van der Waals surface area contributed by atoms with Gasteiger partial charge in [-0.2, -0.15) is 0 Å². The van der Waals surface area contributed by atoms with Gasteiger partial charge in [0, 0.05) is 38.6 Å². The first-order chi connectivity index (χ1) is 13.1. The lowest BCUT2D eigenvalue weighted by Crippen LogP contribution is -2.49. The van der Waals surface area contributed by atoms with Crippen molar-refractivity contribution in [2.24, 2.45) is 10.9 Å². The Kier molecular flexibility index (Phi) is 8.46. The highest BCUT2D eigenvalue weighted by atomic mass is 127. The van der Waals surface area contributed by atoms with Crippen molar-refractivity contribution >= 4 is 29.9 Å². The van der Waals surface area contributed by atoms with Crippen molar-refractivity contribution in [2.45, 2.75) is 19.4 Å². The van der Waals surface area contributed by atoms with Gasteiger partial charge in [0.05, 0.1) is 18.9 Å². The number of guanidine groups is 1. The van der Waals surface area contributed by atoms with Crippen molar-refractivity contribution < 1.29 is 13.5 Å². The summed E-state index contributed by atoms with van der Waals surface area (Å²) in [4.78, 5) is 10.7. The van der Waals surface area contributed by atoms with Crippen LogP contribution in [0.2, 0.25) is 0 Å². The summed E-state index contributed by atoms with van der Waals surface area (Å²) in [6.45, 7) is 4.72. The Morgan fingerprint density at radius 2 is 2.21 bits per heavy atom. The Morgan fingerprint density at radius 3 is 2.89 bits per heavy atom. The SMILES string of the molecule is CN=C(NCCOc1ccc(F)cc1F)N1CCC(C)C(n2ccnc2)C1.I. The van der Waals surface area contributed by atoms with Gasteiger partial charge in [0.15, 0.2) is 17.5 Å². The minimum atomic E-state index is -0.701. The second-order valence-corrected chi connectivity index (χ2v) is 6.69. The second-order valence-electron chi connectivity index (χ2n) is 6.69. The number of imidazole rings is 1. The van der Waals surface area contributed by atoms with Crippen molar-refractivity contribution in [3.05, 3.63) is 48.6 Å². The van der Waals surface area contributed by atoms with Gasteiger partial charge in [0.1, 0.15) is 12.4 Å². The zero-order valence-electron chi connectivity index (χ0n) is 16.0. The Labute approximate surface area is 181 Å². The third-order valence-corrected chi connectivity index (χ3v) is 4.87. The Morgan fingerprint density at radius 1 is 1.39 bits per heavy atom. The first-order valence-corrected chi connectivity index (χ1v) is 9.09. The molecule has 154 valence electrons. The zero-order chi connectivity index (χ0) is 19.2. The maximum absolute atomic E-state index is 13.6. The van der Waals surface area contributed by atoms with Gasteiger partial charge in [-0.3, -0.25) is 4.99 Å². The molecular weight excluding hydrogens is 479 g/mol. The summed E-state index contributed by atoms with van der Waals surface area (Å²) in [5, 5.41) is 3.25. The summed E-state index contributed by atoms with van der Waals surface area (Å²) in [6, 6.07) is 3.62. The van der Waals surface area contributed by atoms with Crippen LogP contribution in [0.25, 0.3) is 0 Å². The summed E-state index contributed by atoms with van der Waals surface area (Å²) >= 11 is 0. The highest BCUT2D eigenvalue weighted by Crippen LogP contribution is 2.27. The molecule has 1 aromatic heterocycles. The molecule has 1 aliphatic rings. The number of aliphatic imine (C=N–C) groups is 1. The van der Waals surface area contributed by atoms with Crippen LogP contribution in [0.5, 0.6) is 5.75 Å². The molecule has 2 atom stereocenters. The van der Waals surface area contributed by atoms with Gasteiger partial charge in [-0.15, -0.1) is 24.0 Å². The minimum absolute atomic E-state index is 0. The van der Waals surface area contributed by atoms with E-state index in [0.717, 1.165) is 31.5 Å². The molecular formula is C19H26F2IN5O. The van der Waals surface area contributed by atoms with E-state index in [2.05, 4.69) is 31.7 Å². The van der Waals surface area contributed by atoms with Crippen LogP contribution < -0.4 is 10.1 Å². The number of nitrogens with one attached hydrogen (secondary N) is 1. The highest BCUT2D eigenvalue weighted by Gasteiger charge is 2.28. The summed E-state index contributed by atoms with van der Waals surface area (Å²) in [7, 11) is 1.74. The van der Waals surface area contributed by atoms with Gasteiger partial charge in [-0.05, 0) is 24.5 Å². The smallest absolute Gasteiger partial charge is 0.193 e. The van der Waals surface area contributed by atoms with Crippen molar-refractivity contribution in [1.29, 1.82) is 0 Å². The van der Waals surface area contributed by atoms with Crippen molar-refractivity contribution in [2.75, 3.05) is 33.3 Å². The topological polar surface area (TPSA) is 54.7 Å². The van der Waals surface area contributed by atoms with Crippen LogP contribution in [-0.2, 0) is 0 Å². The van der Waals surface area contributed by atoms with E-state index in [1.807, 2.05) is 12.5 Å². The molecule has 1 saturated heterocycles. The van der Waals surface area contributed by atoms with Gasteiger partial charge in [-0.1, -0.05) is 6.92 Å². The van der Waals surface area contributed by atoms with E-state index >= 15 is 0 Å². The first kappa shape index (κ1) is 22.4. The molecule has 6 nitrogen and oxygen atoms in total. The van der Waals surface area contributed by atoms with Crippen LogP contribution in [0, 0.1) is 17.6 Å². The number of hydrogen-bond acceptors (Lipinski definition) is 3. The van der Waals surface area contributed by atoms with E-state index in [4.69, 9.17) is 4.74 Å². The van der Waals surface area contributed by atoms with Crippen LogP contribution in [0.1, 0.15) is 19.4 Å². The van der Waals surface area contributed by atoms with Gasteiger partial charge in [-0.25, -0.2) is 13.8 Å². The number of benzene rings is 1. The standard InChI is InChI=1S/C19H25F2N5O.HI/c1-14-5-8-25(12-17(14)26-9-6-23-13-26)19(22-2)24-7-10-27-18-4-3-15(20)11-16(18)21;/h3-4,6,9,11,13-14,17H,5,7-8,10,12H2,1-2H3,(H,22,24);1H. The molecule has 3 rings (SSSR count). The van der Waals surface area contributed by atoms with Gasteiger partial charge in [0.25, 0.3) is 0 Å². The quantitative estimate of drug-likeness (QED) is 0.293. The third kappa shape index (κ3) is 5.55. The van der Waals surface area contributed by atoms with E-state index in [1.165, 1.54) is 12.1 Å². The average molecular weight is 505 g/mol. The predicted octanol–water partition coefficient (Wildman–Crippen LogP) is 3.32. The minimum Gasteiger partial charge on any atom is -0.489 e. The Balaban J connectivity index is 0.00000280. The molecule has 9 heteroatoms. The molecule has 0 radical (unpaired) electrons. The predicted molar refractivity (Wildman–Crippen MR) is 115 cm³/mol. The van der Waals surface area contributed by atoms with E-state index in [0.29, 0.717) is 18.5 Å². The molecule has 0 aliphatic carbocycles. The number of nitrogens with zero attached hydrogens (tertiary/aromatic N) is 4. The molecule has 1 aromatic carbocycles. The highest BCUT2D eigenvalue weighted by molar-refractivity contribution is 14.0. The van der Waals surface area contributed by atoms with Crippen LogP contribution in [0.3, 0.4) is 0 Å². The number of ether oxygens (including phenoxy) is 1. The maximum Gasteiger partial charge on any atom is 0.193 e. The van der Waals surface area contributed by atoms with Gasteiger partial charge < -0.3 is 19.5 Å². The van der Waals surface area contributed by atoms with E-state index in [1.54, 1.807) is 13.2 Å². The van der Waals surface area contributed by atoms with E-state index in [-0.39, 0.29) is 36.3 Å². The molecule has 0 amide bonds. The molecule has 2 unspecified atom stereocenters. The van der Waals surface area contributed by atoms with Gasteiger partial charge in [0.2, 0.25) is 0 Å². The first-order valence-electron chi connectivity index (χ1n) is 9.09. The second kappa shape index (κ2) is 10.6. The molecule has 1 aliphatic heterocycles. The number of halogens is 3. The lowest BCUT2D eigenvalue weighted by molar-refractivity contribution is 0.188. The van der Waals surface area contributed by atoms with Crippen LogP contribution >= 0.6 is 24.0 Å². The van der Waals surface area contributed by atoms with E-state index < -0.39 is 11.6 Å². The molecule has 0 saturated carbocycles. The van der Waals surface area contributed by atoms with Gasteiger partial charge >= 0.3 is 0 Å². The van der Waals surface area contributed by atoms with Crippen molar-refractivity contribution in [3.8, 4) is 5.75 Å². The fourth-order valence-electron chi connectivity index (χ4n) is 3.34. The number of rotatable bonds is 5. The molecule has 1 fully saturated rings. The fraction of sp³-hybridized carbons (Fsp3) is 0.474. The molecule has 1 N–H and O–H groups in total. The van der Waals surface area contributed by atoms with Crippen LogP contribution in [-0.4, -0.2) is 53.7 Å². The summed E-state index contributed by atoms with van der Waals surface area (Å²) in [5.41, 5.74) is 0. The molecule has 2 heterocycles. The van der Waals surface area contributed by atoms with Crippen molar-refractivity contribution in [1.82, 2.24) is 19.8 Å². The average Bonchev–Trinajstić information content (AvgIpc) is 3.18. The lowest BCUT2D eigenvalue weighted by Gasteiger charge is -2.39. The largest absolute Gasteiger partial charge is 0.489 e. The third-order valence-electron chi connectivity index (χ3n) is 4.87. The Bertz CT molecular complexity index is 772. The van der Waals surface area contributed by atoms with Crippen LogP contribution in [0.15, 0.2) is 41.9 Å². The fourth-order valence-corrected chi connectivity index (χ4v) is 3.34. The number of aromatic nitrogens is 2. The Hall–Kier alpha value is -1.91.